The molecule has 0 saturated carbocycles. The van der Waals surface area contributed by atoms with E-state index < -0.39 is 17.7 Å². The molecule has 0 radical (unpaired) electrons. The molecule has 4 rings (SSSR count). The van der Waals surface area contributed by atoms with Crippen molar-refractivity contribution in [2.75, 3.05) is 17.9 Å². The van der Waals surface area contributed by atoms with Crippen LogP contribution in [-0.2, 0) is 16.1 Å². The maximum absolute atomic E-state index is 13.2. The fraction of sp³-hybridized carbons (Fsp3) is 0.115. The number of anilines is 1. The van der Waals surface area contributed by atoms with Crippen LogP contribution in [0.1, 0.15) is 21.6 Å². The Kier molecular flexibility index (Phi) is 7.47. The Hall–Kier alpha value is -4.01. The van der Waals surface area contributed by atoms with Gasteiger partial charge in [0.05, 0.1) is 17.2 Å². The molecule has 1 heterocycles. The summed E-state index contributed by atoms with van der Waals surface area (Å²) in [7, 11) is 1.47. The van der Waals surface area contributed by atoms with Gasteiger partial charge in [-0.25, -0.2) is 4.68 Å². The molecule has 0 fully saturated rings. The Labute approximate surface area is 217 Å². The lowest BCUT2D eigenvalue weighted by molar-refractivity contribution is -0.136. The first-order chi connectivity index (χ1) is 17.3. The summed E-state index contributed by atoms with van der Waals surface area (Å²) in [4.78, 5) is 38.5. The van der Waals surface area contributed by atoms with Gasteiger partial charge >= 0.3 is 11.8 Å². The molecule has 8 nitrogen and oxygen atoms in total. The number of nitrogens with zero attached hydrogens (tertiary/aromatic N) is 1. The van der Waals surface area contributed by atoms with Crippen molar-refractivity contribution in [2.45, 2.75) is 13.5 Å². The third kappa shape index (κ3) is 5.45. The average Bonchev–Trinajstić information content (AvgIpc) is 3.24. The van der Waals surface area contributed by atoms with Crippen molar-refractivity contribution in [3.63, 3.8) is 0 Å². The van der Waals surface area contributed by atoms with Crippen molar-refractivity contribution >= 4 is 57.5 Å². The minimum Gasteiger partial charge on any atom is -0.494 e. The van der Waals surface area contributed by atoms with E-state index in [2.05, 4.69) is 16.1 Å². The summed E-state index contributed by atoms with van der Waals surface area (Å²) in [6.07, 6.45) is 0. The Morgan fingerprint density at radius 1 is 0.917 bits per heavy atom. The third-order valence-corrected chi connectivity index (χ3v) is 6.15. The van der Waals surface area contributed by atoms with Gasteiger partial charge in [0.25, 0.3) is 5.91 Å². The second-order valence-electron chi connectivity index (χ2n) is 7.96. The van der Waals surface area contributed by atoms with Crippen LogP contribution >= 0.6 is 23.2 Å². The van der Waals surface area contributed by atoms with E-state index in [1.54, 1.807) is 36.4 Å². The van der Waals surface area contributed by atoms with Crippen LogP contribution in [0.5, 0.6) is 5.75 Å². The summed E-state index contributed by atoms with van der Waals surface area (Å²) >= 11 is 12.0. The summed E-state index contributed by atoms with van der Waals surface area (Å²) in [5.74, 6) is -1.95. The highest BCUT2D eigenvalue weighted by molar-refractivity contribution is 6.42. The van der Waals surface area contributed by atoms with Gasteiger partial charge in [0, 0.05) is 17.6 Å². The number of ether oxygens (including phenoxy) is 1. The van der Waals surface area contributed by atoms with Crippen LogP contribution in [0, 0.1) is 6.92 Å². The first-order valence-corrected chi connectivity index (χ1v) is 11.6. The number of fused-ring (bicyclic) bond motifs is 1. The molecular weight excluding hydrogens is 503 g/mol. The van der Waals surface area contributed by atoms with E-state index in [9.17, 15) is 14.4 Å². The van der Waals surface area contributed by atoms with Gasteiger partial charge < -0.3 is 15.4 Å². The molecule has 1 aromatic heterocycles. The molecule has 4 aromatic rings. The Balaban J connectivity index is 1.60. The Bertz CT molecular complexity index is 1470. The zero-order chi connectivity index (χ0) is 25.8. The second-order valence-corrected chi connectivity index (χ2v) is 8.77. The molecule has 0 aliphatic rings. The summed E-state index contributed by atoms with van der Waals surface area (Å²) in [5, 5.41) is 6.54. The highest BCUT2D eigenvalue weighted by atomic mass is 35.5. The maximum Gasteiger partial charge on any atom is 0.328 e. The minimum atomic E-state index is -0.950. The smallest absolute Gasteiger partial charge is 0.328 e. The molecule has 3 amide bonds. The largest absolute Gasteiger partial charge is 0.494 e. The van der Waals surface area contributed by atoms with E-state index in [0.29, 0.717) is 27.4 Å². The standard InChI is InChI=1S/C26H22Cl2N4O4/c1-15-6-8-16(9-7-15)14-29-25(34)26(35)31-32-21(12-17-4-3-5-22(36-2)23(17)32)24(33)30-18-10-11-19(27)20(28)13-18/h3-13H,14H2,1-2H3,(H,29,34)(H,30,33)(H,31,35). The van der Waals surface area contributed by atoms with E-state index in [0.717, 1.165) is 11.1 Å². The molecule has 0 spiro atoms. The first kappa shape index (κ1) is 25.1. The van der Waals surface area contributed by atoms with Gasteiger partial charge in [0.1, 0.15) is 17.0 Å². The lowest BCUT2D eigenvalue weighted by atomic mass is 10.1. The van der Waals surface area contributed by atoms with Crippen LogP contribution in [0.4, 0.5) is 5.69 Å². The lowest BCUT2D eigenvalue weighted by Gasteiger charge is -2.14. The normalized spacial score (nSPS) is 10.7. The Morgan fingerprint density at radius 3 is 2.36 bits per heavy atom. The van der Waals surface area contributed by atoms with Gasteiger partial charge in [-0.15, -0.1) is 0 Å². The summed E-state index contributed by atoms with van der Waals surface area (Å²) < 4.78 is 6.66. The molecule has 3 N–H and O–H groups in total. The predicted octanol–water partition coefficient (Wildman–Crippen LogP) is 4.90. The summed E-state index contributed by atoms with van der Waals surface area (Å²) in [6, 6.07) is 19.0. The zero-order valence-corrected chi connectivity index (χ0v) is 20.9. The number of halogens is 2. The van der Waals surface area contributed by atoms with Gasteiger partial charge in [-0.3, -0.25) is 19.8 Å². The van der Waals surface area contributed by atoms with Gasteiger partial charge in [-0.2, -0.15) is 0 Å². The molecule has 184 valence electrons. The summed E-state index contributed by atoms with van der Waals surface area (Å²) in [5.41, 5.74) is 5.34. The van der Waals surface area contributed by atoms with Gasteiger partial charge in [0.15, 0.2) is 0 Å². The number of carbonyl (C=O) groups is 3. The van der Waals surface area contributed by atoms with Crippen molar-refractivity contribution in [1.82, 2.24) is 9.99 Å². The predicted molar refractivity (Wildman–Crippen MR) is 140 cm³/mol. The number of nitrogens with one attached hydrogen (secondary N) is 3. The number of rotatable bonds is 6. The third-order valence-electron chi connectivity index (χ3n) is 5.41. The Morgan fingerprint density at radius 2 is 1.67 bits per heavy atom. The van der Waals surface area contributed by atoms with Gasteiger partial charge in [0.2, 0.25) is 0 Å². The fourth-order valence-corrected chi connectivity index (χ4v) is 3.86. The first-order valence-electron chi connectivity index (χ1n) is 10.9. The topological polar surface area (TPSA) is 101 Å². The molecule has 0 unspecified atom stereocenters. The van der Waals surface area contributed by atoms with Crippen LogP contribution in [-0.4, -0.2) is 29.5 Å². The number of hydrogen-bond acceptors (Lipinski definition) is 4. The van der Waals surface area contributed by atoms with Crippen LogP contribution in [0.3, 0.4) is 0 Å². The molecule has 0 saturated heterocycles. The number of para-hydroxylation sites is 1. The van der Waals surface area contributed by atoms with E-state index in [-0.39, 0.29) is 17.3 Å². The van der Waals surface area contributed by atoms with E-state index >= 15 is 0 Å². The number of aromatic nitrogens is 1. The molecule has 0 bridgehead atoms. The van der Waals surface area contributed by atoms with Crippen molar-refractivity contribution in [1.29, 1.82) is 0 Å². The SMILES string of the molecule is COc1cccc2cc(C(=O)Nc3ccc(Cl)c(Cl)c3)n(NC(=O)C(=O)NCc3ccc(C)cc3)c12. The van der Waals surface area contributed by atoms with Crippen LogP contribution in [0.25, 0.3) is 10.9 Å². The quantitative estimate of drug-likeness (QED) is 0.312. The van der Waals surface area contributed by atoms with Crippen LogP contribution in [0.15, 0.2) is 66.7 Å². The lowest BCUT2D eigenvalue weighted by Crippen LogP contribution is -2.39. The molecule has 3 aromatic carbocycles. The number of hydrogen-bond donors (Lipinski definition) is 3. The molecule has 0 aliphatic carbocycles. The van der Waals surface area contributed by atoms with Crippen LogP contribution in [0.2, 0.25) is 10.0 Å². The van der Waals surface area contributed by atoms with E-state index in [4.69, 9.17) is 27.9 Å². The number of methoxy groups -OCH3 is 1. The maximum atomic E-state index is 13.2. The number of aryl methyl sites for hydroxylation is 1. The molecule has 0 atom stereocenters. The fourth-order valence-electron chi connectivity index (χ4n) is 3.57. The molecule has 36 heavy (non-hydrogen) atoms. The van der Waals surface area contributed by atoms with Crippen molar-refractivity contribution in [2.24, 2.45) is 0 Å². The monoisotopic (exact) mass is 524 g/mol. The van der Waals surface area contributed by atoms with Crippen molar-refractivity contribution in [3.8, 4) is 5.75 Å². The number of amides is 3. The highest BCUT2D eigenvalue weighted by Crippen LogP contribution is 2.29. The number of benzene rings is 3. The second kappa shape index (κ2) is 10.7. The van der Waals surface area contributed by atoms with Gasteiger partial charge in [-0.1, -0.05) is 65.2 Å². The molecule has 0 aliphatic heterocycles. The zero-order valence-electron chi connectivity index (χ0n) is 19.4. The van der Waals surface area contributed by atoms with Crippen LogP contribution < -0.4 is 20.8 Å². The minimum absolute atomic E-state index is 0.0697. The highest BCUT2D eigenvalue weighted by Gasteiger charge is 2.23. The average molecular weight is 525 g/mol. The van der Waals surface area contributed by atoms with E-state index in [1.165, 1.54) is 17.9 Å². The molecule has 10 heteroatoms. The van der Waals surface area contributed by atoms with Crippen molar-refractivity contribution < 1.29 is 19.1 Å². The number of carbonyl (C=O) groups excluding carboxylic acids is 3. The molecular formula is C26H22Cl2N4O4. The van der Waals surface area contributed by atoms with Gasteiger partial charge in [-0.05, 0) is 42.8 Å². The van der Waals surface area contributed by atoms with Crippen molar-refractivity contribution in [3.05, 3.63) is 93.6 Å². The summed E-state index contributed by atoms with van der Waals surface area (Å²) in [6.45, 7) is 2.13. The van der Waals surface area contributed by atoms with E-state index in [1.807, 2.05) is 31.2 Å².